The zero-order valence-electron chi connectivity index (χ0n) is 16.4. The van der Waals surface area contributed by atoms with Crippen molar-refractivity contribution < 1.29 is 14.8 Å². The normalized spacial score (nSPS) is 20.4. The Balaban J connectivity index is 1.86. The maximum Gasteiger partial charge on any atom is 0.184 e. The fourth-order valence-corrected chi connectivity index (χ4v) is 3.34. The van der Waals surface area contributed by atoms with E-state index in [1.54, 1.807) is 4.68 Å². The van der Waals surface area contributed by atoms with Gasteiger partial charge in [-0.3, -0.25) is 0 Å². The topological polar surface area (TPSA) is 139 Å². The molecule has 3 aromatic rings. The average Bonchev–Trinajstić information content (AvgIpc) is 3.33. The summed E-state index contributed by atoms with van der Waals surface area (Å²) in [5.41, 5.74) is 2.10. The van der Waals surface area contributed by atoms with Crippen LogP contribution in [0.15, 0.2) is 4.63 Å². The predicted octanol–water partition coefficient (Wildman–Crippen LogP) is 0.190. The van der Waals surface area contributed by atoms with E-state index in [1.165, 1.54) is 0 Å². The molecule has 0 saturated carbocycles. The van der Waals surface area contributed by atoms with E-state index in [-0.39, 0.29) is 12.0 Å². The van der Waals surface area contributed by atoms with Crippen LogP contribution in [0.25, 0.3) is 11.2 Å². The summed E-state index contributed by atoms with van der Waals surface area (Å²) in [5, 5.41) is 36.2. The summed E-state index contributed by atoms with van der Waals surface area (Å²) >= 11 is 0. The maximum absolute atomic E-state index is 10.2. The molecule has 0 amide bonds. The lowest BCUT2D eigenvalue weighted by atomic mass is 9.95. The van der Waals surface area contributed by atoms with Gasteiger partial charge in [-0.1, -0.05) is 36.3 Å². The van der Waals surface area contributed by atoms with E-state index in [9.17, 15) is 10.2 Å². The quantitative estimate of drug-likeness (QED) is 0.636. The van der Waals surface area contributed by atoms with Gasteiger partial charge in [-0.05, 0) is 13.3 Å². The lowest BCUT2D eigenvalue weighted by Gasteiger charge is -2.27. The van der Waals surface area contributed by atoms with Gasteiger partial charge in [-0.2, -0.15) is 0 Å². The monoisotopic (exact) mass is 388 g/mol. The number of anilines is 1. The molecule has 0 spiro atoms. The number of aromatic nitrogens is 7. The van der Waals surface area contributed by atoms with E-state index in [4.69, 9.17) is 14.6 Å². The lowest BCUT2D eigenvalue weighted by molar-refractivity contribution is 0.128. The van der Waals surface area contributed by atoms with Gasteiger partial charge in [0.1, 0.15) is 17.2 Å². The third-order valence-electron chi connectivity index (χ3n) is 5.03. The molecule has 1 saturated heterocycles. The molecule has 2 unspecified atom stereocenters. The van der Waals surface area contributed by atoms with Gasteiger partial charge in [-0.15, -0.1) is 5.10 Å². The molecule has 4 rings (SSSR count). The van der Waals surface area contributed by atoms with Crippen molar-refractivity contribution in [1.29, 1.82) is 0 Å². The van der Waals surface area contributed by atoms with E-state index in [0.29, 0.717) is 53.7 Å². The highest BCUT2D eigenvalue weighted by Crippen LogP contribution is 2.31. The average molecular weight is 388 g/mol. The minimum absolute atomic E-state index is 0.171. The predicted molar refractivity (Wildman–Crippen MR) is 98.8 cm³/mol. The van der Waals surface area contributed by atoms with Gasteiger partial charge in [0.2, 0.25) is 0 Å². The molecular weight excluding hydrogens is 364 g/mol. The molecule has 4 heterocycles. The molecule has 11 nitrogen and oxygen atoms in total. The zero-order valence-corrected chi connectivity index (χ0v) is 16.4. The first kappa shape index (κ1) is 18.7. The molecule has 28 heavy (non-hydrogen) atoms. The van der Waals surface area contributed by atoms with Crippen LogP contribution in [0.3, 0.4) is 0 Å². The number of hydrogen-bond acceptors (Lipinski definition) is 10. The van der Waals surface area contributed by atoms with E-state index in [1.807, 2.05) is 32.6 Å². The number of fused-ring (bicyclic) bond motifs is 1. The summed E-state index contributed by atoms with van der Waals surface area (Å²) in [5.74, 6) is 1.21. The van der Waals surface area contributed by atoms with Crippen LogP contribution in [-0.2, 0) is 12.0 Å². The van der Waals surface area contributed by atoms with Crippen LogP contribution in [0.4, 0.5) is 5.82 Å². The van der Waals surface area contributed by atoms with Crippen molar-refractivity contribution >= 4 is 17.0 Å². The summed E-state index contributed by atoms with van der Waals surface area (Å²) in [4.78, 5) is 11.4. The first-order valence-corrected chi connectivity index (χ1v) is 9.25. The molecule has 1 aliphatic rings. The van der Waals surface area contributed by atoms with Crippen LogP contribution in [-0.4, -0.2) is 70.8 Å². The molecule has 0 radical (unpaired) electrons. The highest BCUT2D eigenvalue weighted by Gasteiger charge is 2.36. The molecule has 0 bridgehead atoms. The van der Waals surface area contributed by atoms with Crippen molar-refractivity contribution in [2.75, 3.05) is 18.1 Å². The Hall–Kier alpha value is -2.66. The van der Waals surface area contributed by atoms with Crippen molar-refractivity contribution in [1.82, 2.24) is 35.3 Å². The number of hydrogen-bond donors (Lipinski definition) is 2. The van der Waals surface area contributed by atoms with Crippen LogP contribution in [0, 0.1) is 6.92 Å². The fraction of sp³-hybridized carbons (Fsp3) is 0.647. The summed E-state index contributed by atoms with van der Waals surface area (Å²) < 4.78 is 6.41. The second-order valence-electron chi connectivity index (χ2n) is 8.14. The van der Waals surface area contributed by atoms with Crippen molar-refractivity contribution in [3.8, 4) is 0 Å². The summed E-state index contributed by atoms with van der Waals surface area (Å²) in [6.45, 7) is 8.61. The van der Waals surface area contributed by atoms with Gasteiger partial charge in [0.25, 0.3) is 0 Å². The van der Waals surface area contributed by atoms with Crippen molar-refractivity contribution in [2.45, 2.75) is 58.2 Å². The molecule has 2 N–H and O–H groups in total. The van der Waals surface area contributed by atoms with E-state index in [2.05, 4.69) is 20.6 Å². The number of nitrogens with zero attached hydrogens (tertiary/aromatic N) is 8. The smallest absolute Gasteiger partial charge is 0.184 e. The second kappa shape index (κ2) is 6.74. The molecule has 1 aliphatic heterocycles. The Labute approximate surface area is 161 Å². The van der Waals surface area contributed by atoms with Gasteiger partial charge < -0.3 is 15.1 Å². The minimum atomic E-state index is -0.619. The number of aryl methyl sites for hydroxylation is 1. The van der Waals surface area contributed by atoms with Gasteiger partial charge in [0.05, 0.1) is 25.3 Å². The largest absolute Gasteiger partial charge is 0.394 e. The Kier molecular flexibility index (Phi) is 4.50. The number of aliphatic hydroxyl groups is 2. The lowest BCUT2D eigenvalue weighted by Crippen LogP contribution is -2.39. The Bertz CT molecular complexity index is 992. The van der Waals surface area contributed by atoms with Gasteiger partial charge in [0.15, 0.2) is 17.0 Å². The maximum atomic E-state index is 10.2. The molecule has 3 aromatic heterocycles. The van der Waals surface area contributed by atoms with Crippen LogP contribution >= 0.6 is 0 Å². The van der Waals surface area contributed by atoms with Crippen LogP contribution in [0.2, 0.25) is 0 Å². The van der Waals surface area contributed by atoms with Crippen molar-refractivity contribution in [3.05, 3.63) is 17.2 Å². The third kappa shape index (κ3) is 3.10. The SMILES string of the molecule is Cc1nonc1Cn1nnc2c(N3CCC(O)C3CO)nc(C(C)(C)C)nc21. The molecule has 1 fully saturated rings. The number of aliphatic hydroxyl groups excluding tert-OH is 2. The summed E-state index contributed by atoms with van der Waals surface area (Å²) in [6.07, 6.45) is -0.0634. The molecule has 0 aromatic carbocycles. The van der Waals surface area contributed by atoms with Crippen molar-refractivity contribution in [3.63, 3.8) is 0 Å². The first-order valence-electron chi connectivity index (χ1n) is 9.25. The molecular formula is C17H24N8O3. The number of rotatable bonds is 4. The standard InChI is InChI=1S/C17H24N8O3/c1-9-10(22-28-21-9)7-25-15-13(20-23-25)14(18-16(19-15)17(2,3)4)24-6-5-12(27)11(24)8-26/h11-12,26-27H,5-8H2,1-4H3. The third-order valence-corrected chi connectivity index (χ3v) is 5.03. The Morgan fingerprint density at radius 1 is 1.21 bits per heavy atom. The van der Waals surface area contributed by atoms with Gasteiger partial charge in [-0.25, -0.2) is 19.3 Å². The minimum Gasteiger partial charge on any atom is -0.394 e. The van der Waals surface area contributed by atoms with Crippen LogP contribution in [0.5, 0.6) is 0 Å². The van der Waals surface area contributed by atoms with Crippen molar-refractivity contribution in [2.24, 2.45) is 0 Å². The zero-order chi connectivity index (χ0) is 20.1. The first-order chi connectivity index (χ1) is 13.3. The molecule has 150 valence electrons. The Morgan fingerprint density at radius 2 is 2.00 bits per heavy atom. The van der Waals surface area contributed by atoms with Gasteiger partial charge in [0, 0.05) is 12.0 Å². The molecule has 2 atom stereocenters. The Morgan fingerprint density at radius 3 is 2.64 bits per heavy atom. The fourth-order valence-electron chi connectivity index (χ4n) is 3.34. The van der Waals surface area contributed by atoms with Crippen LogP contribution < -0.4 is 4.90 Å². The van der Waals surface area contributed by atoms with E-state index in [0.717, 1.165) is 0 Å². The second-order valence-corrected chi connectivity index (χ2v) is 8.14. The van der Waals surface area contributed by atoms with E-state index >= 15 is 0 Å². The van der Waals surface area contributed by atoms with E-state index < -0.39 is 12.1 Å². The summed E-state index contributed by atoms with van der Waals surface area (Å²) in [7, 11) is 0. The van der Waals surface area contributed by atoms with Crippen LogP contribution in [0.1, 0.15) is 44.4 Å². The summed E-state index contributed by atoms with van der Waals surface area (Å²) in [6, 6.07) is -0.432. The van der Waals surface area contributed by atoms with Gasteiger partial charge >= 0.3 is 0 Å². The highest BCUT2D eigenvalue weighted by molar-refractivity contribution is 5.83. The molecule has 0 aliphatic carbocycles. The highest BCUT2D eigenvalue weighted by atomic mass is 16.6. The molecule has 11 heteroatoms.